The van der Waals surface area contributed by atoms with Crippen molar-refractivity contribution in [2.75, 3.05) is 13.2 Å². The largest absolute Gasteiger partial charge is 0.507 e. The summed E-state index contributed by atoms with van der Waals surface area (Å²) in [6.07, 6.45) is 3.59. The molecule has 2 aromatic carbocycles. The van der Waals surface area contributed by atoms with Crippen LogP contribution in [0.5, 0.6) is 5.75 Å². The molecular weight excluding hydrogens is 459 g/mol. The second-order valence-corrected chi connectivity index (χ2v) is 9.33. The monoisotopic (exact) mass is 488 g/mol. The maximum Gasteiger partial charge on any atom is 0.295 e. The number of hydrogen-bond donors (Lipinski definition) is 1. The highest BCUT2D eigenvalue weighted by molar-refractivity contribution is 6.46. The third-order valence-corrected chi connectivity index (χ3v) is 6.14. The van der Waals surface area contributed by atoms with Crippen molar-refractivity contribution >= 4 is 17.4 Å². The lowest BCUT2D eigenvalue weighted by atomic mass is 9.95. The molecule has 1 fully saturated rings. The number of aliphatic hydroxyl groups excluding tert-OH is 1. The van der Waals surface area contributed by atoms with Crippen LogP contribution in [-0.2, 0) is 16.0 Å². The van der Waals surface area contributed by atoms with Gasteiger partial charge in [-0.15, -0.1) is 0 Å². The molecule has 1 aliphatic heterocycles. The van der Waals surface area contributed by atoms with E-state index >= 15 is 0 Å². The number of likely N-dealkylation sites (tertiary alicyclic amines) is 1. The Morgan fingerprint density at radius 2 is 1.78 bits per heavy atom. The average molecular weight is 489 g/mol. The molecule has 6 nitrogen and oxygen atoms in total. The first-order chi connectivity index (χ1) is 17.3. The van der Waals surface area contributed by atoms with Crippen LogP contribution in [0.3, 0.4) is 0 Å². The lowest BCUT2D eigenvalue weighted by molar-refractivity contribution is -0.139. The number of aryl methyl sites for hydroxylation is 1. The zero-order valence-corrected chi connectivity index (χ0v) is 20.6. The Labute approximate surface area is 210 Å². The van der Waals surface area contributed by atoms with Gasteiger partial charge in [-0.05, 0) is 78.4 Å². The summed E-state index contributed by atoms with van der Waals surface area (Å²) in [5.41, 5.74) is 2.77. The van der Waals surface area contributed by atoms with Crippen LogP contribution in [0.1, 0.15) is 42.1 Å². The molecule has 1 aromatic heterocycles. The molecule has 1 saturated heterocycles. The van der Waals surface area contributed by atoms with Crippen LogP contribution >= 0.6 is 0 Å². The van der Waals surface area contributed by atoms with Gasteiger partial charge in [0, 0.05) is 24.5 Å². The summed E-state index contributed by atoms with van der Waals surface area (Å²) >= 11 is 0. The summed E-state index contributed by atoms with van der Waals surface area (Å²) in [5.74, 6) is -0.945. The highest BCUT2D eigenvalue weighted by Crippen LogP contribution is 2.39. The third-order valence-electron chi connectivity index (χ3n) is 6.14. The number of pyridine rings is 1. The predicted octanol–water partition coefficient (Wildman–Crippen LogP) is 5.23. The van der Waals surface area contributed by atoms with E-state index in [1.807, 2.05) is 6.92 Å². The molecule has 186 valence electrons. The Hall–Kier alpha value is -4.00. The van der Waals surface area contributed by atoms with Crippen molar-refractivity contribution in [1.82, 2.24) is 9.88 Å². The first-order valence-corrected chi connectivity index (χ1v) is 11.9. The molecule has 0 bridgehead atoms. The van der Waals surface area contributed by atoms with Gasteiger partial charge >= 0.3 is 0 Å². The molecule has 0 saturated carbocycles. The molecule has 1 amide bonds. The van der Waals surface area contributed by atoms with E-state index in [9.17, 15) is 19.1 Å². The molecule has 1 aliphatic rings. The number of benzene rings is 2. The maximum absolute atomic E-state index is 13.3. The number of nitrogens with zero attached hydrogens (tertiary/aromatic N) is 2. The fraction of sp³-hybridized carbons (Fsp3) is 0.276. The van der Waals surface area contributed by atoms with E-state index in [1.54, 1.807) is 54.9 Å². The number of rotatable bonds is 8. The van der Waals surface area contributed by atoms with Crippen LogP contribution in [0, 0.1) is 18.7 Å². The minimum Gasteiger partial charge on any atom is -0.507 e. The second-order valence-electron chi connectivity index (χ2n) is 9.33. The standard InChI is InChI=1S/C29H29FN2O4/c1-18(2)17-36-24-9-6-22(16-19(24)3)27(33)25-26(21-10-13-31-14-11-21)32(29(35)28(25)34)15-12-20-4-7-23(30)8-5-20/h4-11,13-14,16,18,26,33H,12,15,17H2,1-3H3/b27-25-. The number of ketones is 1. The quantitative estimate of drug-likeness (QED) is 0.267. The third kappa shape index (κ3) is 5.30. The Morgan fingerprint density at radius 3 is 2.42 bits per heavy atom. The number of ether oxygens (including phenoxy) is 1. The average Bonchev–Trinajstić information content (AvgIpc) is 3.12. The second kappa shape index (κ2) is 10.7. The van der Waals surface area contributed by atoms with Crippen molar-refractivity contribution in [3.8, 4) is 5.75 Å². The molecule has 0 spiro atoms. The Kier molecular flexibility index (Phi) is 7.48. The highest BCUT2D eigenvalue weighted by Gasteiger charge is 2.45. The van der Waals surface area contributed by atoms with Gasteiger partial charge in [0.25, 0.3) is 11.7 Å². The minimum atomic E-state index is -0.773. The van der Waals surface area contributed by atoms with Gasteiger partial charge in [0.15, 0.2) is 0 Å². The van der Waals surface area contributed by atoms with Crippen molar-refractivity contribution in [3.05, 3.63) is 101 Å². The lowest BCUT2D eigenvalue weighted by Crippen LogP contribution is -2.31. The summed E-state index contributed by atoms with van der Waals surface area (Å²) in [4.78, 5) is 31.8. The van der Waals surface area contributed by atoms with Gasteiger partial charge in [0.05, 0.1) is 18.2 Å². The molecule has 2 heterocycles. The van der Waals surface area contributed by atoms with Crippen LogP contribution in [-0.4, -0.2) is 39.8 Å². The summed E-state index contributed by atoms with van der Waals surface area (Å²) in [5, 5.41) is 11.3. The Morgan fingerprint density at radius 1 is 1.08 bits per heavy atom. The number of aliphatic hydroxyl groups is 1. The van der Waals surface area contributed by atoms with Gasteiger partial charge in [-0.25, -0.2) is 4.39 Å². The SMILES string of the molecule is Cc1cc(/C(O)=C2/C(=O)C(=O)N(CCc3ccc(F)cc3)C2c2ccncc2)ccc1OCC(C)C. The number of hydrogen-bond acceptors (Lipinski definition) is 5. The zero-order valence-electron chi connectivity index (χ0n) is 20.6. The van der Waals surface area contributed by atoms with E-state index in [1.165, 1.54) is 17.0 Å². The van der Waals surface area contributed by atoms with Crippen LogP contribution in [0.15, 0.2) is 72.6 Å². The Balaban J connectivity index is 1.71. The van der Waals surface area contributed by atoms with Gasteiger partial charge < -0.3 is 14.7 Å². The van der Waals surface area contributed by atoms with E-state index in [0.717, 1.165) is 11.1 Å². The maximum atomic E-state index is 13.3. The first kappa shape index (κ1) is 25.1. The minimum absolute atomic E-state index is 0.0283. The van der Waals surface area contributed by atoms with Crippen LogP contribution < -0.4 is 4.74 Å². The van der Waals surface area contributed by atoms with Gasteiger partial charge in [-0.2, -0.15) is 0 Å². The number of Topliss-reactive ketones (excluding diaryl/α,β-unsaturated/α-hetero) is 1. The molecule has 0 aliphatic carbocycles. The summed E-state index contributed by atoms with van der Waals surface area (Å²) in [6, 6.07) is 13.9. The topological polar surface area (TPSA) is 79.7 Å². The fourth-order valence-corrected chi connectivity index (χ4v) is 4.27. The van der Waals surface area contributed by atoms with Crippen molar-refractivity contribution < 1.29 is 23.8 Å². The van der Waals surface area contributed by atoms with E-state index in [4.69, 9.17) is 4.74 Å². The molecule has 3 aromatic rings. The van der Waals surface area contributed by atoms with Gasteiger partial charge in [-0.1, -0.05) is 26.0 Å². The van der Waals surface area contributed by atoms with Crippen LogP contribution in [0.4, 0.5) is 4.39 Å². The van der Waals surface area contributed by atoms with Crippen molar-refractivity contribution in [2.45, 2.75) is 33.2 Å². The normalized spacial score (nSPS) is 17.1. The highest BCUT2D eigenvalue weighted by atomic mass is 19.1. The number of halogens is 1. The van der Waals surface area contributed by atoms with Crippen LogP contribution in [0.2, 0.25) is 0 Å². The molecule has 0 radical (unpaired) electrons. The molecule has 4 rings (SSSR count). The summed E-state index contributed by atoms with van der Waals surface area (Å²) in [6.45, 7) is 6.77. The number of carbonyl (C=O) groups is 2. The molecule has 36 heavy (non-hydrogen) atoms. The van der Waals surface area contributed by atoms with E-state index in [2.05, 4.69) is 18.8 Å². The molecule has 1 N–H and O–H groups in total. The van der Waals surface area contributed by atoms with E-state index in [-0.39, 0.29) is 23.7 Å². The first-order valence-electron chi connectivity index (χ1n) is 11.9. The number of carbonyl (C=O) groups excluding carboxylic acids is 2. The summed E-state index contributed by atoms with van der Waals surface area (Å²) < 4.78 is 19.1. The number of amides is 1. The summed E-state index contributed by atoms with van der Waals surface area (Å²) in [7, 11) is 0. The fourth-order valence-electron chi connectivity index (χ4n) is 4.27. The predicted molar refractivity (Wildman–Crippen MR) is 135 cm³/mol. The molecule has 1 unspecified atom stereocenters. The van der Waals surface area contributed by atoms with Gasteiger partial charge in [0.2, 0.25) is 0 Å². The van der Waals surface area contributed by atoms with Crippen molar-refractivity contribution in [2.24, 2.45) is 5.92 Å². The Bertz CT molecular complexity index is 1290. The van der Waals surface area contributed by atoms with Crippen LogP contribution in [0.25, 0.3) is 5.76 Å². The smallest absolute Gasteiger partial charge is 0.295 e. The number of aromatic nitrogens is 1. The van der Waals surface area contributed by atoms with Crippen molar-refractivity contribution in [3.63, 3.8) is 0 Å². The molecule has 1 atom stereocenters. The van der Waals surface area contributed by atoms with E-state index in [0.29, 0.717) is 35.8 Å². The van der Waals surface area contributed by atoms with Gasteiger partial charge in [0.1, 0.15) is 17.3 Å². The lowest BCUT2D eigenvalue weighted by Gasteiger charge is -2.25. The molecular formula is C29H29FN2O4. The van der Waals surface area contributed by atoms with Crippen molar-refractivity contribution in [1.29, 1.82) is 0 Å². The van der Waals surface area contributed by atoms with E-state index < -0.39 is 17.7 Å². The zero-order chi connectivity index (χ0) is 25.8. The molecule has 7 heteroatoms. The van der Waals surface area contributed by atoms with Gasteiger partial charge in [-0.3, -0.25) is 14.6 Å².